The summed E-state index contributed by atoms with van der Waals surface area (Å²) in [5, 5.41) is 8.83. The van der Waals surface area contributed by atoms with Gasteiger partial charge in [-0.2, -0.15) is 0 Å². The Hall–Kier alpha value is -1.00. The Balaban J connectivity index is 3.03. The molecule has 0 bridgehead atoms. The number of aliphatic hydroxyl groups is 1. The van der Waals surface area contributed by atoms with Gasteiger partial charge in [-0.25, -0.2) is 8.78 Å². The number of rotatable bonds is 3. The number of halogens is 2. The number of hydrogen-bond donors (Lipinski definition) is 2. The van der Waals surface area contributed by atoms with Crippen LogP contribution in [0.25, 0.3) is 0 Å². The highest BCUT2D eigenvalue weighted by Crippen LogP contribution is 2.18. The maximum atomic E-state index is 13.1. The summed E-state index contributed by atoms with van der Waals surface area (Å²) in [7, 11) is 0. The second-order valence-electron chi connectivity index (χ2n) is 2.78. The van der Waals surface area contributed by atoms with Gasteiger partial charge in [0.25, 0.3) is 0 Å². The molecule has 1 atom stereocenters. The van der Waals surface area contributed by atoms with Crippen molar-refractivity contribution >= 4 is 0 Å². The zero-order chi connectivity index (χ0) is 9.84. The monoisotopic (exact) mass is 187 g/mol. The van der Waals surface area contributed by atoms with Crippen molar-refractivity contribution in [1.82, 2.24) is 0 Å². The molecular formula is C9H11F2NO. The van der Waals surface area contributed by atoms with Gasteiger partial charge in [-0.05, 0) is 23.8 Å². The highest BCUT2D eigenvalue weighted by atomic mass is 19.1. The van der Waals surface area contributed by atoms with Gasteiger partial charge in [0.05, 0.1) is 6.61 Å². The molecule has 0 radical (unpaired) electrons. The van der Waals surface area contributed by atoms with Crippen molar-refractivity contribution in [3.05, 3.63) is 35.4 Å². The van der Waals surface area contributed by atoms with Crippen molar-refractivity contribution in [2.24, 2.45) is 5.73 Å². The highest BCUT2D eigenvalue weighted by molar-refractivity contribution is 5.23. The van der Waals surface area contributed by atoms with E-state index >= 15 is 0 Å². The van der Waals surface area contributed by atoms with Crippen molar-refractivity contribution in [3.8, 4) is 0 Å². The van der Waals surface area contributed by atoms with Crippen LogP contribution in [-0.4, -0.2) is 18.3 Å². The van der Waals surface area contributed by atoms with Crippen molar-refractivity contribution in [2.75, 3.05) is 13.2 Å². The summed E-state index contributed by atoms with van der Waals surface area (Å²) in [5.74, 6) is -1.59. The third-order valence-electron chi connectivity index (χ3n) is 1.90. The minimum Gasteiger partial charge on any atom is -0.396 e. The first-order valence-electron chi connectivity index (χ1n) is 3.95. The molecule has 0 aromatic heterocycles. The summed E-state index contributed by atoms with van der Waals surface area (Å²) in [4.78, 5) is 0. The van der Waals surface area contributed by atoms with E-state index in [4.69, 9.17) is 10.8 Å². The predicted octanol–water partition coefficient (Wildman–Crippen LogP) is 0.999. The van der Waals surface area contributed by atoms with E-state index in [1.807, 2.05) is 0 Å². The molecule has 4 heteroatoms. The molecule has 0 aliphatic heterocycles. The first-order valence-corrected chi connectivity index (χ1v) is 3.95. The molecule has 0 saturated carbocycles. The predicted molar refractivity (Wildman–Crippen MR) is 45.2 cm³/mol. The largest absolute Gasteiger partial charge is 0.396 e. The SMILES string of the molecule is NCC(CO)c1cc(F)ccc1F. The quantitative estimate of drug-likeness (QED) is 0.741. The van der Waals surface area contributed by atoms with Crippen LogP contribution in [0, 0.1) is 11.6 Å². The molecular weight excluding hydrogens is 176 g/mol. The van der Waals surface area contributed by atoms with Crippen LogP contribution >= 0.6 is 0 Å². The van der Waals surface area contributed by atoms with E-state index in [-0.39, 0.29) is 18.7 Å². The van der Waals surface area contributed by atoms with E-state index < -0.39 is 17.6 Å². The third-order valence-corrected chi connectivity index (χ3v) is 1.90. The molecule has 3 N–H and O–H groups in total. The number of benzene rings is 1. The first kappa shape index (κ1) is 10.1. The van der Waals surface area contributed by atoms with E-state index in [2.05, 4.69) is 0 Å². The average molecular weight is 187 g/mol. The highest BCUT2D eigenvalue weighted by Gasteiger charge is 2.13. The van der Waals surface area contributed by atoms with E-state index in [1.54, 1.807) is 0 Å². The maximum absolute atomic E-state index is 13.1. The van der Waals surface area contributed by atoms with Gasteiger partial charge in [0.1, 0.15) is 11.6 Å². The Labute approximate surface area is 75.0 Å². The fourth-order valence-corrected chi connectivity index (χ4v) is 1.13. The van der Waals surface area contributed by atoms with E-state index in [9.17, 15) is 8.78 Å². The topological polar surface area (TPSA) is 46.2 Å². The maximum Gasteiger partial charge on any atom is 0.127 e. The van der Waals surface area contributed by atoms with Crippen molar-refractivity contribution in [1.29, 1.82) is 0 Å². The lowest BCUT2D eigenvalue weighted by molar-refractivity contribution is 0.265. The molecule has 1 rings (SSSR count). The van der Waals surface area contributed by atoms with E-state index in [1.165, 1.54) is 0 Å². The summed E-state index contributed by atoms with van der Waals surface area (Å²) < 4.78 is 25.8. The van der Waals surface area contributed by atoms with Crippen LogP contribution in [0.3, 0.4) is 0 Å². The minimum absolute atomic E-state index is 0.0941. The van der Waals surface area contributed by atoms with Crippen LogP contribution in [0.5, 0.6) is 0 Å². The number of aliphatic hydroxyl groups excluding tert-OH is 1. The fourth-order valence-electron chi connectivity index (χ4n) is 1.13. The Kier molecular flexibility index (Phi) is 3.33. The third kappa shape index (κ3) is 2.23. The van der Waals surface area contributed by atoms with Crippen LogP contribution < -0.4 is 5.73 Å². The normalized spacial score (nSPS) is 12.9. The van der Waals surface area contributed by atoms with Crippen molar-refractivity contribution in [2.45, 2.75) is 5.92 Å². The van der Waals surface area contributed by atoms with Crippen LogP contribution in [0.4, 0.5) is 8.78 Å². The van der Waals surface area contributed by atoms with E-state index in [0.29, 0.717) is 0 Å². The summed E-state index contributed by atoms with van der Waals surface area (Å²) in [6.07, 6.45) is 0. The van der Waals surface area contributed by atoms with Gasteiger partial charge in [0.2, 0.25) is 0 Å². The summed E-state index contributed by atoms with van der Waals surface area (Å²) in [6.45, 7) is -0.187. The molecule has 0 spiro atoms. The summed E-state index contributed by atoms with van der Waals surface area (Å²) >= 11 is 0. The Bertz CT molecular complexity index is 287. The van der Waals surface area contributed by atoms with Crippen molar-refractivity contribution in [3.63, 3.8) is 0 Å². The Morgan fingerprint density at radius 3 is 2.62 bits per heavy atom. The molecule has 1 aromatic rings. The van der Waals surface area contributed by atoms with Gasteiger partial charge < -0.3 is 10.8 Å². The molecule has 72 valence electrons. The second kappa shape index (κ2) is 4.30. The zero-order valence-corrected chi connectivity index (χ0v) is 7.00. The second-order valence-corrected chi connectivity index (χ2v) is 2.78. The van der Waals surface area contributed by atoms with Gasteiger partial charge in [-0.1, -0.05) is 0 Å². The molecule has 0 fully saturated rings. The first-order chi connectivity index (χ1) is 6.19. The summed E-state index contributed by atoms with van der Waals surface area (Å²) in [6, 6.07) is 3.12. The van der Waals surface area contributed by atoms with Crippen LogP contribution in [0.1, 0.15) is 11.5 Å². The zero-order valence-electron chi connectivity index (χ0n) is 7.00. The fraction of sp³-hybridized carbons (Fsp3) is 0.333. The molecule has 0 aliphatic rings. The van der Waals surface area contributed by atoms with Gasteiger partial charge in [-0.15, -0.1) is 0 Å². The number of hydrogen-bond acceptors (Lipinski definition) is 2. The van der Waals surface area contributed by atoms with Gasteiger partial charge >= 0.3 is 0 Å². The lowest BCUT2D eigenvalue weighted by atomic mass is 9.99. The van der Waals surface area contributed by atoms with E-state index in [0.717, 1.165) is 18.2 Å². The molecule has 1 aromatic carbocycles. The standard InChI is InChI=1S/C9H11F2NO/c10-7-1-2-9(11)8(3-7)6(4-12)5-13/h1-3,6,13H,4-5,12H2. The molecule has 0 aliphatic carbocycles. The average Bonchev–Trinajstić information content (AvgIpc) is 2.13. The molecule has 0 saturated heterocycles. The number of nitrogens with two attached hydrogens (primary N) is 1. The Morgan fingerprint density at radius 1 is 1.38 bits per heavy atom. The van der Waals surface area contributed by atoms with Crippen molar-refractivity contribution < 1.29 is 13.9 Å². The lowest BCUT2D eigenvalue weighted by Crippen LogP contribution is -2.17. The minimum atomic E-state index is -0.536. The summed E-state index contributed by atoms with van der Waals surface area (Å²) in [5.41, 5.74) is 5.41. The smallest absolute Gasteiger partial charge is 0.127 e. The Morgan fingerprint density at radius 2 is 2.08 bits per heavy atom. The lowest BCUT2D eigenvalue weighted by Gasteiger charge is -2.12. The van der Waals surface area contributed by atoms with Gasteiger partial charge in [0, 0.05) is 12.5 Å². The van der Waals surface area contributed by atoms with Gasteiger partial charge in [0.15, 0.2) is 0 Å². The molecule has 0 heterocycles. The molecule has 13 heavy (non-hydrogen) atoms. The van der Waals surface area contributed by atoms with Gasteiger partial charge in [-0.3, -0.25) is 0 Å². The molecule has 1 unspecified atom stereocenters. The van der Waals surface area contributed by atoms with Crippen LogP contribution in [0.15, 0.2) is 18.2 Å². The van der Waals surface area contributed by atoms with Crippen LogP contribution in [-0.2, 0) is 0 Å². The molecule has 2 nitrogen and oxygen atoms in total. The van der Waals surface area contributed by atoms with Crippen LogP contribution in [0.2, 0.25) is 0 Å². The molecule has 0 amide bonds.